The van der Waals surface area contributed by atoms with Crippen molar-refractivity contribution in [3.63, 3.8) is 0 Å². The maximum absolute atomic E-state index is 11.6. The van der Waals surface area contributed by atoms with Crippen LogP contribution in [0, 0.1) is 5.41 Å². The molecule has 0 spiro atoms. The highest BCUT2D eigenvalue weighted by Gasteiger charge is 2.32. The minimum atomic E-state index is -0.496. The van der Waals surface area contributed by atoms with Crippen molar-refractivity contribution in [3.05, 3.63) is 12.2 Å². The SMILES string of the molecule is C=C(C)C(=O)OC(OC1CCCCC1)C(C)(C)C. The molecule has 0 heterocycles. The van der Waals surface area contributed by atoms with E-state index in [1.54, 1.807) is 6.92 Å². The van der Waals surface area contributed by atoms with Crippen molar-refractivity contribution in [3.8, 4) is 0 Å². The molecule has 1 atom stereocenters. The van der Waals surface area contributed by atoms with Crippen LogP contribution in [-0.2, 0) is 14.3 Å². The van der Waals surface area contributed by atoms with Gasteiger partial charge in [0.2, 0.25) is 6.29 Å². The average Bonchev–Trinajstić information content (AvgIpc) is 2.28. The molecule has 18 heavy (non-hydrogen) atoms. The number of esters is 1. The van der Waals surface area contributed by atoms with Crippen LogP contribution in [0.1, 0.15) is 59.8 Å². The van der Waals surface area contributed by atoms with E-state index in [-0.39, 0.29) is 17.5 Å². The van der Waals surface area contributed by atoms with Crippen LogP contribution in [0.4, 0.5) is 0 Å². The van der Waals surface area contributed by atoms with E-state index in [9.17, 15) is 4.79 Å². The molecule has 104 valence electrons. The van der Waals surface area contributed by atoms with Crippen molar-refractivity contribution in [1.29, 1.82) is 0 Å². The first-order chi connectivity index (χ1) is 8.30. The normalized spacial score (nSPS) is 19.3. The molecule has 0 N–H and O–H groups in total. The van der Waals surface area contributed by atoms with Crippen LogP contribution in [-0.4, -0.2) is 18.4 Å². The first-order valence-electron chi connectivity index (χ1n) is 6.82. The predicted molar refractivity (Wildman–Crippen MR) is 72.1 cm³/mol. The highest BCUT2D eigenvalue weighted by Crippen LogP contribution is 2.29. The molecule has 1 aliphatic carbocycles. The molecule has 1 unspecified atom stereocenters. The number of hydrogen-bond acceptors (Lipinski definition) is 3. The molecule has 1 rings (SSSR count). The number of hydrogen-bond donors (Lipinski definition) is 0. The van der Waals surface area contributed by atoms with Gasteiger partial charge in [-0.2, -0.15) is 0 Å². The number of carbonyl (C=O) groups is 1. The summed E-state index contributed by atoms with van der Waals surface area (Å²) in [5.74, 6) is -0.370. The van der Waals surface area contributed by atoms with Crippen LogP contribution in [0.2, 0.25) is 0 Å². The second-order valence-electron chi connectivity index (χ2n) is 6.28. The monoisotopic (exact) mass is 254 g/mol. The van der Waals surface area contributed by atoms with Gasteiger partial charge >= 0.3 is 5.97 Å². The van der Waals surface area contributed by atoms with Crippen molar-refractivity contribution in [1.82, 2.24) is 0 Å². The first kappa shape index (κ1) is 15.2. The summed E-state index contributed by atoms with van der Waals surface area (Å²) in [6.07, 6.45) is 5.55. The Kier molecular flexibility index (Phi) is 5.39. The van der Waals surface area contributed by atoms with Gasteiger partial charge < -0.3 is 9.47 Å². The molecule has 0 bridgehead atoms. The summed E-state index contributed by atoms with van der Waals surface area (Å²) in [6.45, 7) is 11.3. The quantitative estimate of drug-likeness (QED) is 0.434. The maximum atomic E-state index is 11.6. The molecule has 0 saturated heterocycles. The van der Waals surface area contributed by atoms with Gasteiger partial charge in [0.15, 0.2) is 0 Å². The molecular weight excluding hydrogens is 228 g/mol. The summed E-state index contributed by atoms with van der Waals surface area (Å²) in [6, 6.07) is 0. The molecule has 0 amide bonds. The summed E-state index contributed by atoms with van der Waals surface area (Å²) in [5, 5.41) is 0. The summed E-state index contributed by atoms with van der Waals surface area (Å²) in [5.41, 5.74) is 0.194. The van der Waals surface area contributed by atoms with E-state index < -0.39 is 6.29 Å². The van der Waals surface area contributed by atoms with Gasteiger partial charge in [0, 0.05) is 11.0 Å². The van der Waals surface area contributed by atoms with Gasteiger partial charge in [0.05, 0.1) is 6.10 Å². The maximum Gasteiger partial charge on any atom is 0.335 e. The van der Waals surface area contributed by atoms with E-state index in [1.807, 2.05) is 20.8 Å². The zero-order chi connectivity index (χ0) is 13.8. The van der Waals surface area contributed by atoms with E-state index in [0.717, 1.165) is 12.8 Å². The predicted octanol–water partition coefficient (Wildman–Crippen LogP) is 3.83. The molecule has 1 saturated carbocycles. The fourth-order valence-corrected chi connectivity index (χ4v) is 1.98. The average molecular weight is 254 g/mol. The Balaban J connectivity index is 2.60. The van der Waals surface area contributed by atoms with Gasteiger partial charge in [-0.25, -0.2) is 4.79 Å². The Bertz CT molecular complexity index is 295. The first-order valence-corrected chi connectivity index (χ1v) is 6.82. The van der Waals surface area contributed by atoms with Gasteiger partial charge in [0.1, 0.15) is 0 Å². The minimum Gasteiger partial charge on any atom is -0.432 e. The molecule has 0 aromatic heterocycles. The number of rotatable bonds is 4. The molecule has 1 fully saturated rings. The molecule has 3 heteroatoms. The third-order valence-corrected chi connectivity index (χ3v) is 3.14. The van der Waals surface area contributed by atoms with Gasteiger partial charge in [-0.05, 0) is 19.8 Å². The zero-order valence-electron chi connectivity index (χ0n) is 12.1. The molecule has 0 aromatic carbocycles. The molecule has 1 aliphatic rings. The lowest BCUT2D eigenvalue weighted by Gasteiger charge is -2.34. The third-order valence-electron chi connectivity index (χ3n) is 3.14. The van der Waals surface area contributed by atoms with Crippen molar-refractivity contribution < 1.29 is 14.3 Å². The highest BCUT2D eigenvalue weighted by molar-refractivity contribution is 5.87. The fraction of sp³-hybridized carbons (Fsp3) is 0.800. The summed E-state index contributed by atoms with van der Waals surface area (Å²) < 4.78 is 11.4. The molecule has 0 aromatic rings. The second kappa shape index (κ2) is 6.37. The van der Waals surface area contributed by atoms with Crippen molar-refractivity contribution in [2.24, 2.45) is 5.41 Å². The number of carbonyl (C=O) groups excluding carboxylic acids is 1. The van der Waals surface area contributed by atoms with E-state index in [1.165, 1.54) is 19.3 Å². The van der Waals surface area contributed by atoms with Crippen molar-refractivity contribution in [2.45, 2.75) is 72.2 Å². The van der Waals surface area contributed by atoms with Crippen molar-refractivity contribution >= 4 is 5.97 Å². The highest BCUT2D eigenvalue weighted by atomic mass is 16.7. The van der Waals surface area contributed by atoms with Gasteiger partial charge in [-0.15, -0.1) is 0 Å². The lowest BCUT2D eigenvalue weighted by molar-refractivity contribution is -0.218. The third kappa shape index (κ3) is 4.81. The summed E-state index contributed by atoms with van der Waals surface area (Å²) in [7, 11) is 0. The number of ether oxygens (including phenoxy) is 2. The van der Waals surface area contributed by atoms with E-state index in [0.29, 0.717) is 5.57 Å². The minimum absolute atomic E-state index is 0.220. The van der Waals surface area contributed by atoms with Gasteiger partial charge in [0.25, 0.3) is 0 Å². The molecule has 0 radical (unpaired) electrons. The van der Waals surface area contributed by atoms with Crippen molar-refractivity contribution in [2.75, 3.05) is 0 Å². The van der Waals surface area contributed by atoms with Gasteiger partial charge in [-0.1, -0.05) is 46.6 Å². The van der Waals surface area contributed by atoms with Gasteiger partial charge in [-0.3, -0.25) is 0 Å². The van der Waals surface area contributed by atoms with Crippen LogP contribution in [0.5, 0.6) is 0 Å². The zero-order valence-corrected chi connectivity index (χ0v) is 12.1. The van der Waals surface area contributed by atoms with E-state index >= 15 is 0 Å². The lowest BCUT2D eigenvalue weighted by Crippen LogP contribution is -2.38. The van der Waals surface area contributed by atoms with Crippen LogP contribution >= 0.6 is 0 Å². The van der Waals surface area contributed by atoms with E-state index in [2.05, 4.69) is 6.58 Å². The molecular formula is C15H26O3. The smallest absolute Gasteiger partial charge is 0.335 e. The Labute approximate surface area is 111 Å². The Morgan fingerprint density at radius 1 is 1.22 bits per heavy atom. The molecule has 0 aliphatic heterocycles. The fourth-order valence-electron chi connectivity index (χ4n) is 1.98. The Hall–Kier alpha value is -0.830. The standard InChI is InChI=1S/C15H26O3/c1-11(2)13(16)18-14(15(3,4)5)17-12-9-7-6-8-10-12/h12,14H,1,6-10H2,2-5H3. The molecule has 3 nitrogen and oxygen atoms in total. The van der Waals surface area contributed by atoms with Crippen LogP contribution in [0.25, 0.3) is 0 Å². The summed E-state index contributed by atoms with van der Waals surface area (Å²) in [4.78, 5) is 11.6. The van der Waals surface area contributed by atoms with E-state index in [4.69, 9.17) is 9.47 Å². The Morgan fingerprint density at radius 3 is 2.22 bits per heavy atom. The summed E-state index contributed by atoms with van der Waals surface area (Å²) >= 11 is 0. The lowest BCUT2D eigenvalue weighted by atomic mass is 9.94. The van der Waals surface area contributed by atoms with Crippen LogP contribution < -0.4 is 0 Å². The topological polar surface area (TPSA) is 35.5 Å². The largest absolute Gasteiger partial charge is 0.432 e. The van der Waals surface area contributed by atoms with Crippen LogP contribution in [0.3, 0.4) is 0 Å². The second-order valence-corrected chi connectivity index (χ2v) is 6.28. The Morgan fingerprint density at radius 2 is 1.78 bits per heavy atom. The van der Waals surface area contributed by atoms with Crippen LogP contribution in [0.15, 0.2) is 12.2 Å².